The van der Waals surface area contributed by atoms with Gasteiger partial charge in [0.1, 0.15) is 5.82 Å². The molecule has 0 aliphatic heterocycles. The van der Waals surface area contributed by atoms with Crippen LogP contribution >= 0.6 is 0 Å². The molecular weight excluding hydrogens is 464 g/mol. The number of carbonyl (C=O) groups excluding carboxylic acids is 1. The van der Waals surface area contributed by atoms with E-state index in [9.17, 15) is 9.59 Å². The molecule has 4 rings (SSSR count). The van der Waals surface area contributed by atoms with Crippen LogP contribution in [-0.2, 0) is 17.6 Å². The van der Waals surface area contributed by atoms with Gasteiger partial charge in [-0.25, -0.2) is 9.78 Å². The van der Waals surface area contributed by atoms with E-state index in [-0.39, 0.29) is 11.6 Å². The number of benzene rings is 3. The molecule has 1 unspecified atom stereocenters. The van der Waals surface area contributed by atoms with Crippen molar-refractivity contribution in [2.24, 2.45) is 0 Å². The number of urea groups is 1. The average Bonchev–Trinajstić information content (AvgIpc) is 2.93. The maximum atomic E-state index is 13.7. The maximum Gasteiger partial charge on any atom is 0.322 e. The van der Waals surface area contributed by atoms with Crippen LogP contribution in [0, 0.1) is 0 Å². The third-order valence-corrected chi connectivity index (χ3v) is 6.66. The molecule has 0 aliphatic carbocycles. The minimum Gasteiger partial charge on any atom is -0.383 e. The second kappa shape index (κ2) is 11.8. The van der Waals surface area contributed by atoms with E-state index in [1.165, 1.54) is 11.1 Å². The normalized spacial score (nSPS) is 11.9. The molecule has 0 aliphatic rings. The Labute approximate surface area is 217 Å². The molecule has 7 heteroatoms. The highest BCUT2D eigenvalue weighted by Gasteiger charge is 2.27. The minimum atomic E-state index is -0.520. The van der Waals surface area contributed by atoms with E-state index in [1.807, 2.05) is 73.7 Å². The Morgan fingerprint density at radius 3 is 2.22 bits per heavy atom. The second-order valence-electron chi connectivity index (χ2n) is 8.99. The number of para-hydroxylation sites is 1. The molecule has 0 bridgehead atoms. The van der Waals surface area contributed by atoms with Crippen molar-refractivity contribution < 1.29 is 9.53 Å². The molecule has 4 aromatic rings. The lowest BCUT2D eigenvalue weighted by molar-refractivity contribution is 0.137. The Balaban J connectivity index is 1.79. The summed E-state index contributed by atoms with van der Waals surface area (Å²) >= 11 is 0. The van der Waals surface area contributed by atoms with Gasteiger partial charge in [-0.15, -0.1) is 0 Å². The predicted molar refractivity (Wildman–Crippen MR) is 149 cm³/mol. The van der Waals surface area contributed by atoms with Gasteiger partial charge in [0, 0.05) is 19.3 Å². The van der Waals surface area contributed by atoms with Crippen LogP contribution in [0.4, 0.5) is 10.5 Å². The van der Waals surface area contributed by atoms with Gasteiger partial charge in [0.15, 0.2) is 0 Å². The van der Waals surface area contributed by atoms with Gasteiger partial charge in [-0.1, -0.05) is 50.2 Å². The number of hydrogen-bond donors (Lipinski definition) is 1. The van der Waals surface area contributed by atoms with Crippen molar-refractivity contribution in [3.8, 4) is 5.69 Å². The molecule has 37 heavy (non-hydrogen) atoms. The fraction of sp³-hybridized carbons (Fsp3) is 0.300. The smallest absolute Gasteiger partial charge is 0.322 e. The highest BCUT2D eigenvalue weighted by molar-refractivity contribution is 5.89. The largest absolute Gasteiger partial charge is 0.383 e. The Kier molecular flexibility index (Phi) is 8.36. The summed E-state index contributed by atoms with van der Waals surface area (Å²) in [7, 11) is 1.60. The summed E-state index contributed by atoms with van der Waals surface area (Å²) in [5.41, 5.74) is 4.22. The lowest BCUT2D eigenvalue weighted by Crippen LogP contribution is -2.41. The molecule has 3 aromatic carbocycles. The number of amides is 2. The quantitative estimate of drug-likeness (QED) is 0.319. The van der Waals surface area contributed by atoms with Gasteiger partial charge in [0.05, 0.1) is 29.2 Å². The van der Waals surface area contributed by atoms with Crippen LogP contribution in [-0.4, -0.2) is 40.7 Å². The Morgan fingerprint density at radius 2 is 1.59 bits per heavy atom. The summed E-state index contributed by atoms with van der Waals surface area (Å²) in [5.74, 6) is 0.487. The molecule has 0 spiro atoms. The summed E-state index contributed by atoms with van der Waals surface area (Å²) < 4.78 is 6.93. The topological polar surface area (TPSA) is 76.5 Å². The molecular formula is C30H34N4O3. The van der Waals surface area contributed by atoms with Crippen molar-refractivity contribution >= 4 is 22.6 Å². The number of methoxy groups -OCH3 is 1. The van der Waals surface area contributed by atoms with E-state index < -0.39 is 6.04 Å². The molecule has 0 saturated heterocycles. The average molecular weight is 499 g/mol. The SMILES string of the molecule is CCc1ccc(NC(=O)N(CCOC)C(C)c2nc3ccccc3c(=O)n2-c2ccc(CC)cc2)cc1. The molecule has 2 amide bonds. The molecule has 1 atom stereocenters. The van der Waals surface area contributed by atoms with Crippen LogP contribution < -0.4 is 10.9 Å². The Morgan fingerprint density at radius 1 is 0.973 bits per heavy atom. The third kappa shape index (κ3) is 5.73. The number of fused-ring (bicyclic) bond motifs is 1. The number of aromatic nitrogens is 2. The van der Waals surface area contributed by atoms with Crippen LogP contribution in [0.2, 0.25) is 0 Å². The molecule has 0 radical (unpaired) electrons. The summed E-state index contributed by atoms with van der Waals surface area (Å²) in [6.45, 7) is 6.74. The fourth-order valence-corrected chi connectivity index (χ4v) is 4.38. The monoisotopic (exact) mass is 498 g/mol. The molecule has 192 valence electrons. The van der Waals surface area contributed by atoms with Crippen molar-refractivity contribution in [1.82, 2.24) is 14.5 Å². The van der Waals surface area contributed by atoms with Crippen molar-refractivity contribution in [3.05, 3.63) is 100 Å². The van der Waals surface area contributed by atoms with Crippen LogP contribution in [0.15, 0.2) is 77.6 Å². The predicted octanol–water partition coefficient (Wildman–Crippen LogP) is 5.75. The number of nitrogens with zero attached hydrogens (tertiary/aromatic N) is 3. The van der Waals surface area contributed by atoms with E-state index in [4.69, 9.17) is 9.72 Å². The molecule has 0 fully saturated rings. The third-order valence-electron chi connectivity index (χ3n) is 6.66. The number of ether oxygens (including phenoxy) is 1. The molecule has 1 N–H and O–H groups in total. The highest BCUT2D eigenvalue weighted by atomic mass is 16.5. The maximum absolute atomic E-state index is 13.7. The minimum absolute atomic E-state index is 0.168. The first-order valence-electron chi connectivity index (χ1n) is 12.7. The van der Waals surface area contributed by atoms with Crippen molar-refractivity contribution in [1.29, 1.82) is 0 Å². The van der Waals surface area contributed by atoms with Gasteiger partial charge in [-0.2, -0.15) is 0 Å². The van der Waals surface area contributed by atoms with Crippen molar-refractivity contribution in [2.75, 3.05) is 25.6 Å². The first-order valence-corrected chi connectivity index (χ1v) is 12.7. The lowest BCUT2D eigenvalue weighted by Gasteiger charge is -2.30. The molecule has 7 nitrogen and oxygen atoms in total. The summed E-state index contributed by atoms with van der Waals surface area (Å²) in [6, 6.07) is 22.2. The Bertz CT molecular complexity index is 1410. The number of aryl methyl sites for hydroxylation is 2. The van der Waals surface area contributed by atoms with Crippen LogP contribution in [0.1, 0.15) is 43.8 Å². The van der Waals surface area contributed by atoms with E-state index >= 15 is 0 Å². The van der Waals surface area contributed by atoms with Gasteiger partial charge < -0.3 is 15.0 Å². The fourth-order valence-electron chi connectivity index (χ4n) is 4.38. The first kappa shape index (κ1) is 26.1. The number of hydrogen-bond acceptors (Lipinski definition) is 4. The van der Waals surface area contributed by atoms with Crippen LogP contribution in [0.25, 0.3) is 16.6 Å². The van der Waals surface area contributed by atoms with E-state index in [0.717, 1.165) is 12.8 Å². The van der Waals surface area contributed by atoms with Crippen molar-refractivity contribution in [2.45, 2.75) is 39.7 Å². The zero-order valence-corrected chi connectivity index (χ0v) is 21.9. The Hall–Kier alpha value is -3.97. The zero-order valence-electron chi connectivity index (χ0n) is 21.9. The molecule has 1 heterocycles. The zero-order chi connectivity index (χ0) is 26.4. The van der Waals surface area contributed by atoms with E-state index in [2.05, 4.69) is 19.2 Å². The van der Waals surface area contributed by atoms with Gasteiger partial charge >= 0.3 is 6.03 Å². The van der Waals surface area contributed by atoms with Crippen LogP contribution in [0.3, 0.4) is 0 Å². The number of anilines is 1. The van der Waals surface area contributed by atoms with Gasteiger partial charge in [-0.05, 0) is 67.3 Å². The first-order chi connectivity index (χ1) is 18.0. The van der Waals surface area contributed by atoms with Gasteiger partial charge in [-0.3, -0.25) is 9.36 Å². The number of rotatable bonds is 9. The standard InChI is InChI=1S/C30H34N4O3/c1-5-22-11-15-24(16-12-22)31-30(36)33(19-20-37-4)21(3)28-32-27-10-8-7-9-26(27)29(35)34(28)25-17-13-23(6-2)14-18-25/h7-18,21H,5-6,19-20H2,1-4H3,(H,31,36). The van der Waals surface area contributed by atoms with Gasteiger partial charge in [0.25, 0.3) is 5.56 Å². The number of carbonyl (C=O) groups is 1. The summed E-state index contributed by atoms with van der Waals surface area (Å²) in [5, 5.41) is 3.52. The van der Waals surface area contributed by atoms with Crippen molar-refractivity contribution in [3.63, 3.8) is 0 Å². The highest BCUT2D eigenvalue weighted by Crippen LogP contribution is 2.24. The van der Waals surface area contributed by atoms with E-state index in [0.29, 0.717) is 41.3 Å². The van der Waals surface area contributed by atoms with Crippen LogP contribution in [0.5, 0.6) is 0 Å². The summed E-state index contributed by atoms with van der Waals surface area (Å²) in [4.78, 5) is 33.8. The molecule has 0 saturated carbocycles. The van der Waals surface area contributed by atoms with E-state index in [1.54, 1.807) is 22.6 Å². The summed E-state index contributed by atoms with van der Waals surface area (Å²) in [6.07, 6.45) is 1.83. The second-order valence-corrected chi connectivity index (χ2v) is 8.99. The van der Waals surface area contributed by atoms with Gasteiger partial charge in [0.2, 0.25) is 0 Å². The number of nitrogens with one attached hydrogen (secondary N) is 1. The lowest BCUT2D eigenvalue weighted by atomic mass is 10.1. The molecule has 1 aromatic heterocycles.